The molecule has 0 spiro atoms. The van der Waals surface area contributed by atoms with Crippen LogP contribution in [0.25, 0.3) is 0 Å². The van der Waals surface area contributed by atoms with Crippen LogP contribution in [0.5, 0.6) is 5.75 Å². The maximum Gasteiger partial charge on any atom is 0.253 e. The Balaban J connectivity index is 2.92. The molecule has 94 valence electrons. The van der Waals surface area contributed by atoms with E-state index in [9.17, 15) is 4.79 Å². The van der Waals surface area contributed by atoms with Gasteiger partial charge in [-0.05, 0) is 47.5 Å². The molecule has 0 fully saturated rings. The van der Waals surface area contributed by atoms with Crippen molar-refractivity contribution in [3.05, 3.63) is 28.2 Å². The molecule has 1 amide bonds. The van der Waals surface area contributed by atoms with Crippen LogP contribution in [0.1, 0.15) is 30.6 Å². The highest BCUT2D eigenvalue weighted by atomic mass is 79.9. The summed E-state index contributed by atoms with van der Waals surface area (Å²) in [4.78, 5) is 14.0. The van der Waals surface area contributed by atoms with E-state index in [-0.39, 0.29) is 5.91 Å². The van der Waals surface area contributed by atoms with Crippen LogP contribution in [0, 0.1) is 0 Å². The standard InChI is InChI=1S/C13H18BrNO2/c1-4-8-15(5-2)13(16)10-6-7-12(17-3)11(14)9-10/h6-7,9H,4-5,8H2,1-3H3. The number of halogens is 1. The molecule has 0 unspecified atom stereocenters. The van der Waals surface area contributed by atoms with Crippen molar-refractivity contribution in [2.24, 2.45) is 0 Å². The van der Waals surface area contributed by atoms with E-state index in [1.807, 2.05) is 11.8 Å². The predicted molar refractivity (Wildman–Crippen MR) is 72.6 cm³/mol. The summed E-state index contributed by atoms with van der Waals surface area (Å²) in [6, 6.07) is 5.40. The third-order valence-electron chi connectivity index (χ3n) is 2.56. The van der Waals surface area contributed by atoms with E-state index in [2.05, 4.69) is 22.9 Å². The summed E-state index contributed by atoms with van der Waals surface area (Å²) >= 11 is 3.39. The first kappa shape index (κ1) is 14.0. The van der Waals surface area contributed by atoms with Gasteiger partial charge in [0.15, 0.2) is 0 Å². The Labute approximate surface area is 111 Å². The van der Waals surface area contributed by atoms with Crippen molar-refractivity contribution in [3.8, 4) is 5.75 Å². The van der Waals surface area contributed by atoms with Crippen LogP contribution in [0.2, 0.25) is 0 Å². The largest absolute Gasteiger partial charge is 0.496 e. The highest BCUT2D eigenvalue weighted by Gasteiger charge is 2.14. The fourth-order valence-corrected chi connectivity index (χ4v) is 2.20. The van der Waals surface area contributed by atoms with Crippen LogP contribution in [0.4, 0.5) is 0 Å². The summed E-state index contributed by atoms with van der Waals surface area (Å²) < 4.78 is 5.95. The van der Waals surface area contributed by atoms with Gasteiger partial charge in [0.1, 0.15) is 5.75 Å². The summed E-state index contributed by atoms with van der Waals surface area (Å²) in [7, 11) is 1.61. The molecule has 0 aliphatic carbocycles. The Morgan fingerprint density at radius 1 is 1.41 bits per heavy atom. The number of carbonyl (C=O) groups is 1. The number of carbonyl (C=O) groups excluding carboxylic acids is 1. The number of benzene rings is 1. The minimum Gasteiger partial charge on any atom is -0.496 e. The molecule has 4 heteroatoms. The lowest BCUT2D eigenvalue weighted by Crippen LogP contribution is -2.31. The molecule has 17 heavy (non-hydrogen) atoms. The molecule has 0 aliphatic heterocycles. The van der Waals surface area contributed by atoms with E-state index >= 15 is 0 Å². The zero-order valence-electron chi connectivity index (χ0n) is 10.5. The summed E-state index contributed by atoms with van der Waals surface area (Å²) in [6.45, 7) is 5.58. The van der Waals surface area contributed by atoms with Gasteiger partial charge in [-0.25, -0.2) is 0 Å². The van der Waals surface area contributed by atoms with Crippen LogP contribution in [-0.2, 0) is 0 Å². The first-order valence-electron chi connectivity index (χ1n) is 5.76. The second kappa shape index (κ2) is 6.64. The van der Waals surface area contributed by atoms with E-state index in [1.54, 1.807) is 25.3 Å². The number of methoxy groups -OCH3 is 1. The van der Waals surface area contributed by atoms with Gasteiger partial charge in [-0.2, -0.15) is 0 Å². The highest BCUT2D eigenvalue weighted by Crippen LogP contribution is 2.26. The van der Waals surface area contributed by atoms with Crippen molar-refractivity contribution in [3.63, 3.8) is 0 Å². The Bertz CT molecular complexity index is 393. The lowest BCUT2D eigenvalue weighted by Gasteiger charge is -2.20. The molecule has 0 aromatic heterocycles. The van der Waals surface area contributed by atoms with Gasteiger partial charge in [-0.1, -0.05) is 6.92 Å². The molecule has 3 nitrogen and oxygen atoms in total. The van der Waals surface area contributed by atoms with E-state index in [1.165, 1.54) is 0 Å². The van der Waals surface area contributed by atoms with E-state index in [4.69, 9.17) is 4.74 Å². The minimum absolute atomic E-state index is 0.0673. The Morgan fingerprint density at radius 2 is 2.12 bits per heavy atom. The molecule has 0 radical (unpaired) electrons. The molecule has 0 atom stereocenters. The molecule has 1 aromatic carbocycles. The first-order chi connectivity index (χ1) is 8.13. The Kier molecular flexibility index (Phi) is 5.48. The van der Waals surface area contributed by atoms with Gasteiger partial charge < -0.3 is 9.64 Å². The van der Waals surface area contributed by atoms with Crippen molar-refractivity contribution in [2.75, 3.05) is 20.2 Å². The van der Waals surface area contributed by atoms with Gasteiger partial charge in [0.2, 0.25) is 0 Å². The van der Waals surface area contributed by atoms with E-state index < -0.39 is 0 Å². The maximum absolute atomic E-state index is 12.2. The first-order valence-corrected chi connectivity index (χ1v) is 6.56. The number of rotatable bonds is 5. The summed E-state index contributed by atoms with van der Waals surface area (Å²) in [5.74, 6) is 0.804. The molecule has 0 heterocycles. The topological polar surface area (TPSA) is 29.5 Å². The molecular weight excluding hydrogens is 282 g/mol. The molecule has 0 N–H and O–H groups in total. The lowest BCUT2D eigenvalue weighted by molar-refractivity contribution is 0.0764. The van der Waals surface area contributed by atoms with Gasteiger partial charge in [0.25, 0.3) is 5.91 Å². The van der Waals surface area contributed by atoms with Crippen LogP contribution in [0.15, 0.2) is 22.7 Å². The van der Waals surface area contributed by atoms with Crippen LogP contribution in [-0.4, -0.2) is 31.0 Å². The van der Waals surface area contributed by atoms with Gasteiger partial charge in [-0.15, -0.1) is 0 Å². The maximum atomic E-state index is 12.2. The predicted octanol–water partition coefficient (Wildman–Crippen LogP) is 3.33. The van der Waals surface area contributed by atoms with Gasteiger partial charge in [0, 0.05) is 18.7 Å². The lowest BCUT2D eigenvalue weighted by atomic mass is 10.2. The molecule has 1 aromatic rings. The third kappa shape index (κ3) is 3.46. The molecule has 0 aliphatic rings. The fourth-order valence-electron chi connectivity index (χ4n) is 1.66. The molecule has 0 saturated carbocycles. The number of ether oxygens (including phenoxy) is 1. The summed E-state index contributed by atoms with van der Waals surface area (Å²) in [6.07, 6.45) is 0.969. The van der Waals surface area contributed by atoms with Crippen molar-refractivity contribution in [1.29, 1.82) is 0 Å². The minimum atomic E-state index is 0.0673. The number of hydrogen-bond donors (Lipinski definition) is 0. The van der Waals surface area contributed by atoms with E-state index in [0.717, 1.165) is 29.7 Å². The molecule has 0 saturated heterocycles. The summed E-state index contributed by atoms with van der Waals surface area (Å²) in [5, 5.41) is 0. The zero-order valence-corrected chi connectivity index (χ0v) is 12.1. The average Bonchev–Trinajstić information content (AvgIpc) is 2.35. The van der Waals surface area contributed by atoms with Gasteiger partial charge in [-0.3, -0.25) is 4.79 Å². The highest BCUT2D eigenvalue weighted by molar-refractivity contribution is 9.10. The normalized spacial score (nSPS) is 10.1. The zero-order chi connectivity index (χ0) is 12.8. The Morgan fingerprint density at radius 3 is 2.59 bits per heavy atom. The third-order valence-corrected chi connectivity index (χ3v) is 3.18. The van der Waals surface area contributed by atoms with Gasteiger partial charge >= 0.3 is 0 Å². The Hall–Kier alpha value is -1.03. The molecule has 0 bridgehead atoms. The average molecular weight is 300 g/mol. The second-order valence-corrected chi connectivity index (χ2v) is 4.59. The number of nitrogens with zero attached hydrogens (tertiary/aromatic N) is 1. The van der Waals surface area contributed by atoms with Gasteiger partial charge in [0.05, 0.1) is 11.6 Å². The quantitative estimate of drug-likeness (QED) is 0.835. The van der Waals surface area contributed by atoms with Crippen molar-refractivity contribution >= 4 is 21.8 Å². The van der Waals surface area contributed by atoms with Crippen LogP contribution >= 0.6 is 15.9 Å². The second-order valence-electron chi connectivity index (χ2n) is 3.73. The molecule has 1 rings (SSSR count). The van der Waals surface area contributed by atoms with E-state index in [0.29, 0.717) is 5.56 Å². The monoisotopic (exact) mass is 299 g/mol. The molecular formula is C13H18BrNO2. The van der Waals surface area contributed by atoms with Crippen molar-refractivity contribution < 1.29 is 9.53 Å². The number of amides is 1. The number of hydrogen-bond acceptors (Lipinski definition) is 2. The smallest absolute Gasteiger partial charge is 0.253 e. The fraction of sp³-hybridized carbons (Fsp3) is 0.462. The summed E-state index contributed by atoms with van der Waals surface area (Å²) in [5.41, 5.74) is 0.688. The van der Waals surface area contributed by atoms with Crippen LogP contribution < -0.4 is 4.74 Å². The van der Waals surface area contributed by atoms with Crippen LogP contribution in [0.3, 0.4) is 0 Å². The van der Waals surface area contributed by atoms with Crippen molar-refractivity contribution in [1.82, 2.24) is 4.90 Å². The van der Waals surface area contributed by atoms with Crippen molar-refractivity contribution in [2.45, 2.75) is 20.3 Å². The SMILES string of the molecule is CCCN(CC)C(=O)c1ccc(OC)c(Br)c1.